The summed E-state index contributed by atoms with van der Waals surface area (Å²) in [5, 5.41) is 0.958. The zero-order valence-electron chi connectivity index (χ0n) is 11.3. The first-order valence-corrected chi connectivity index (χ1v) is 8.66. The van der Waals surface area contributed by atoms with Gasteiger partial charge in [0, 0.05) is 25.0 Å². The maximum absolute atomic E-state index is 11.9. The van der Waals surface area contributed by atoms with Crippen LogP contribution in [0.1, 0.15) is 40.5 Å². The molecule has 104 valence electrons. The minimum Gasteiger partial charge on any atom is -0.202 e. The third kappa shape index (κ3) is 6.74. The van der Waals surface area contributed by atoms with Crippen molar-refractivity contribution in [3.63, 3.8) is 0 Å². The fourth-order valence-corrected chi connectivity index (χ4v) is 3.29. The summed E-state index contributed by atoms with van der Waals surface area (Å²) in [6.45, 7) is 9.36. The van der Waals surface area contributed by atoms with Crippen molar-refractivity contribution in [3.8, 4) is 0 Å². The number of hydrogen-bond donors (Lipinski definition) is 1. The van der Waals surface area contributed by atoms with Crippen LogP contribution in [0.15, 0.2) is 0 Å². The molecule has 0 aromatic heterocycles. The molecule has 0 amide bonds. The van der Waals surface area contributed by atoms with E-state index in [9.17, 15) is 8.42 Å². The number of halogens is 1. The van der Waals surface area contributed by atoms with E-state index in [0.717, 1.165) is 18.2 Å². The van der Waals surface area contributed by atoms with Gasteiger partial charge in [0.25, 0.3) is 10.2 Å². The molecule has 4 nitrogen and oxygen atoms in total. The van der Waals surface area contributed by atoms with Gasteiger partial charge in [0.1, 0.15) is 0 Å². The predicted octanol–water partition coefficient (Wildman–Crippen LogP) is 2.36. The third-order valence-electron chi connectivity index (χ3n) is 2.77. The zero-order valence-corrected chi connectivity index (χ0v) is 13.7. The SMILES string of the molecule is CCN(CC)S(=O)(=O)NCC(C)(C)CCCBr. The van der Waals surface area contributed by atoms with Gasteiger partial charge in [-0.05, 0) is 18.3 Å². The quantitative estimate of drug-likeness (QED) is 0.660. The van der Waals surface area contributed by atoms with Crippen LogP contribution < -0.4 is 4.72 Å². The van der Waals surface area contributed by atoms with E-state index < -0.39 is 10.2 Å². The highest BCUT2D eigenvalue weighted by atomic mass is 79.9. The van der Waals surface area contributed by atoms with Crippen LogP contribution in [0.5, 0.6) is 0 Å². The minimum atomic E-state index is -3.31. The number of rotatable bonds is 9. The molecule has 0 rings (SSSR count). The third-order valence-corrected chi connectivity index (χ3v) is 5.03. The highest BCUT2D eigenvalue weighted by molar-refractivity contribution is 9.09. The molecule has 0 heterocycles. The van der Waals surface area contributed by atoms with Crippen molar-refractivity contribution < 1.29 is 8.42 Å². The van der Waals surface area contributed by atoms with Gasteiger partial charge in [-0.3, -0.25) is 0 Å². The molecule has 0 aromatic rings. The number of alkyl halides is 1. The van der Waals surface area contributed by atoms with Gasteiger partial charge in [0.05, 0.1) is 0 Å². The molecule has 0 aliphatic heterocycles. The lowest BCUT2D eigenvalue weighted by Gasteiger charge is -2.27. The molecule has 0 spiro atoms. The van der Waals surface area contributed by atoms with Crippen molar-refractivity contribution in [2.45, 2.75) is 40.5 Å². The Morgan fingerprint density at radius 2 is 1.76 bits per heavy atom. The van der Waals surface area contributed by atoms with Crippen molar-refractivity contribution in [2.75, 3.05) is 25.0 Å². The summed E-state index contributed by atoms with van der Waals surface area (Å²) in [4.78, 5) is 0. The van der Waals surface area contributed by atoms with Crippen LogP contribution in [0.3, 0.4) is 0 Å². The van der Waals surface area contributed by atoms with Crippen LogP contribution in [0, 0.1) is 5.41 Å². The first-order chi connectivity index (χ1) is 7.79. The maximum Gasteiger partial charge on any atom is 0.279 e. The molecular formula is C11H25BrN2O2S. The zero-order chi connectivity index (χ0) is 13.5. The molecule has 1 N–H and O–H groups in total. The van der Waals surface area contributed by atoms with E-state index >= 15 is 0 Å². The largest absolute Gasteiger partial charge is 0.279 e. The Morgan fingerprint density at radius 1 is 1.24 bits per heavy atom. The number of nitrogens with zero attached hydrogens (tertiary/aromatic N) is 1. The van der Waals surface area contributed by atoms with Crippen molar-refractivity contribution in [2.24, 2.45) is 5.41 Å². The smallest absolute Gasteiger partial charge is 0.202 e. The maximum atomic E-state index is 11.9. The number of hydrogen-bond acceptors (Lipinski definition) is 2. The van der Waals surface area contributed by atoms with Crippen LogP contribution in [-0.2, 0) is 10.2 Å². The van der Waals surface area contributed by atoms with Gasteiger partial charge in [0.2, 0.25) is 0 Å². The van der Waals surface area contributed by atoms with Crippen molar-refractivity contribution in [1.29, 1.82) is 0 Å². The van der Waals surface area contributed by atoms with E-state index in [1.54, 1.807) is 0 Å². The van der Waals surface area contributed by atoms with Crippen LogP contribution in [0.4, 0.5) is 0 Å². The van der Waals surface area contributed by atoms with Crippen molar-refractivity contribution in [3.05, 3.63) is 0 Å². The average molecular weight is 329 g/mol. The van der Waals surface area contributed by atoms with Gasteiger partial charge in [0.15, 0.2) is 0 Å². The summed E-state index contributed by atoms with van der Waals surface area (Å²) in [6.07, 6.45) is 2.05. The van der Waals surface area contributed by atoms with Crippen LogP contribution in [-0.4, -0.2) is 37.7 Å². The van der Waals surface area contributed by atoms with Gasteiger partial charge in [-0.1, -0.05) is 43.6 Å². The first kappa shape index (κ1) is 17.4. The molecular weight excluding hydrogens is 304 g/mol. The standard InChI is InChI=1S/C11H25BrN2O2S/c1-5-14(6-2)17(15,16)13-10-11(3,4)8-7-9-12/h13H,5-10H2,1-4H3. The molecule has 0 bridgehead atoms. The average Bonchev–Trinajstić information content (AvgIpc) is 2.25. The summed E-state index contributed by atoms with van der Waals surface area (Å²) in [5.74, 6) is 0. The molecule has 0 aliphatic rings. The van der Waals surface area contributed by atoms with Crippen molar-refractivity contribution in [1.82, 2.24) is 9.03 Å². The lowest BCUT2D eigenvalue weighted by atomic mass is 9.88. The Kier molecular flexibility index (Phi) is 7.87. The molecule has 0 radical (unpaired) electrons. The lowest BCUT2D eigenvalue weighted by molar-refractivity contribution is 0.325. The molecule has 0 atom stereocenters. The second kappa shape index (κ2) is 7.71. The summed E-state index contributed by atoms with van der Waals surface area (Å²) in [6, 6.07) is 0. The Hall–Kier alpha value is 0.350. The second-order valence-electron chi connectivity index (χ2n) is 4.87. The van der Waals surface area contributed by atoms with Crippen LogP contribution in [0.2, 0.25) is 0 Å². The predicted molar refractivity (Wildman–Crippen MR) is 76.7 cm³/mol. The van der Waals surface area contributed by atoms with E-state index in [1.165, 1.54) is 4.31 Å². The molecule has 6 heteroatoms. The Morgan fingerprint density at radius 3 is 2.18 bits per heavy atom. The molecule has 0 saturated carbocycles. The minimum absolute atomic E-state index is 0.00596. The van der Waals surface area contributed by atoms with E-state index in [4.69, 9.17) is 0 Å². The molecule has 0 fully saturated rings. The van der Waals surface area contributed by atoms with E-state index in [1.807, 2.05) is 13.8 Å². The molecule has 17 heavy (non-hydrogen) atoms. The highest BCUT2D eigenvalue weighted by Gasteiger charge is 2.23. The summed E-state index contributed by atoms with van der Waals surface area (Å²) in [7, 11) is -3.31. The molecule has 0 aromatic carbocycles. The van der Waals surface area contributed by atoms with Gasteiger partial charge >= 0.3 is 0 Å². The van der Waals surface area contributed by atoms with Crippen LogP contribution in [0.25, 0.3) is 0 Å². The topological polar surface area (TPSA) is 49.4 Å². The van der Waals surface area contributed by atoms with Gasteiger partial charge in [-0.15, -0.1) is 0 Å². The van der Waals surface area contributed by atoms with E-state index in [-0.39, 0.29) is 5.41 Å². The van der Waals surface area contributed by atoms with Crippen LogP contribution >= 0.6 is 15.9 Å². The van der Waals surface area contributed by atoms with E-state index in [0.29, 0.717) is 19.6 Å². The summed E-state index contributed by atoms with van der Waals surface area (Å²) < 4.78 is 28.0. The normalized spacial score (nSPS) is 13.3. The van der Waals surface area contributed by atoms with Gasteiger partial charge < -0.3 is 0 Å². The second-order valence-corrected chi connectivity index (χ2v) is 7.42. The molecule has 0 aliphatic carbocycles. The van der Waals surface area contributed by atoms with Crippen molar-refractivity contribution >= 4 is 26.1 Å². The van der Waals surface area contributed by atoms with Gasteiger partial charge in [-0.25, -0.2) is 4.72 Å². The fraction of sp³-hybridized carbons (Fsp3) is 1.00. The van der Waals surface area contributed by atoms with Gasteiger partial charge in [-0.2, -0.15) is 12.7 Å². The molecule has 0 saturated heterocycles. The highest BCUT2D eigenvalue weighted by Crippen LogP contribution is 2.22. The monoisotopic (exact) mass is 328 g/mol. The van der Waals surface area contributed by atoms with E-state index in [2.05, 4.69) is 34.5 Å². The Balaban J connectivity index is 4.35. The first-order valence-electron chi connectivity index (χ1n) is 6.09. The fourth-order valence-electron chi connectivity index (χ4n) is 1.58. The summed E-state index contributed by atoms with van der Waals surface area (Å²) in [5.41, 5.74) is -0.00596. The molecule has 0 unspecified atom stereocenters. The Bertz CT molecular complexity index is 301. The summed E-state index contributed by atoms with van der Waals surface area (Å²) >= 11 is 3.39. The Labute approximate surface area is 114 Å². The number of nitrogens with one attached hydrogen (secondary N) is 1. The lowest BCUT2D eigenvalue weighted by Crippen LogP contribution is -2.44.